The monoisotopic (exact) mass is 378 g/mol. The summed E-state index contributed by atoms with van der Waals surface area (Å²) in [7, 11) is 0. The van der Waals surface area contributed by atoms with E-state index in [1.54, 1.807) is 0 Å². The first-order valence-corrected chi connectivity index (χ1v) is 8.62. The fraction of sp³-hybridized carbons (Fsp3) is 0.765. The predicted molar refractivity (Wildman–Crippen MR) is 103 cm³/mol. The topological polar surface area (TPSA) is 59.0 Å². The lowest BCUT2D eigenvalue weighted by atomic mass is 9.84. The van der Waals surface area contributed by atoms with Gasteiger partial charge in [0.15, 0.2) is 0 Å². The van der Waals surface area contributed by atoms with Crippen LogP contribution < -0.4 is 10.6 Å². The quantitative estimate of drug-likeness (QED) is 0.683. The van der Waals surface area contributed by atoms with Gasteiger partial charge in [0.25, 0.3) is 0 Å². The number of carbonyl (C=O) groups is 1. The van der Waals surface area contributed by atoms with Crippen LogP contribution in [0.5, 0.6) is 0 Å². The third-order valence-corrected chi connectivity index (χ3v) is 4.77. The van der Waals surface area contributed by atoms with Gasteiger partial charge in [0.2, 0.25) is 5.91 Å². The van der Waals surface area contributed by atoms with Crippen LogP contribution in [-0.2, 0) is 11.3 Å². The maximum absolute atomic E-state index is 12.0. The largest absolute Gasteiger partial charge is 0.356 e. The van der Waals surface area contributed by atoms with Crippen molar-refractivity contribution in [2.45, 2.75) is 52.5 Å². The van der Waals surface area contributed by atoms with Crippen molar-refractivity contribution < 1.29 is 4.79 Å². The number of nitrogens with one attached hydrogen (secondary N) is 2. The molecule has 2 heterocycles. The van der Waals surface area contributed by atoms with Crippen LogP contribution in [0.3, 0.4) is 0 Å². The molecule has 0 aromatic carbocycles. The molecule has 7 heteroatoms. The fourth-order valence-electron chi connectivity index (χ4n) is 3.22. The van der Waals surface area contributed by atoms with E-state index < -0.39 is 0 Å². The Labute approximate surface area is 158 Å². The number of aryl methyl sites for hydroxylation is 2. The van der Waals surface area contributed by atoms with E-state index >= 15 is 0 Å². The second-order valence-corrected chi connectivity index (χ2v) is 6.49. The number of hydrogen-bond donors (Lipinski definition) is 2. The van der Waals surface area contributed by atoms with Crippen molar-refractivity contribution in [3.63, 3.8) is 0 Å². The Balaban J connectivity index is 0.00000264. The van der Waals surface area contributed by atoms with E-state index in [2.05, 4.69) is 27.1 Å². The van der Waals surface area contributed by atoms with Gasteiger partial charge < -0.3 is 15.2 Å². The molecule has 0 aliphatic carbocycles. The highest BCUT2D eigenvalue weighted by Crippen LogP contribution is 2.24. The van der Waals surface area contributed by atoms with Crippen molar-refractivity contribution in [3.05, 3.63) is 18.2 Å². The summed E-state index contributed by atoms with van der Waals surface area (Å²) in [5, 5.41) is 6.45. The van der Waals surface area contributed by atoms with E-state index in [0.29, 0.717) is 18.3 Å². The minimum atomic E-state index is 0. The Morgan fingerprint density at radius 2 is 2.08 bits per heavy atom. The molecule has 0 radical (unpaired) electrons. The van der Waals surface area contributed by atoms with Crippen LogP contribution in [-0.4, -0.2) is 35.1 Å². The maximum Gasteiger partial charge on any atom is 0.220 e. The SMILES string of the molecule is Cc1nccn1CCCCNC(=O)CC(C)C1CCNCC1.Cl.Cl. The summed E-state index contributed by atoms with van der Waals surface area (Å²) in [5.74, 6) is 2.47. The maximum atomic E-state index is 12.0. The molecule has 1 amide bonds. The standard InChI is InChI=1S/C17H30N4O.2ClH/c1-14(16-5-8-18-9-6-16)13-17(22)20-7-3-4-11-21-12-10-19-15(21)2;;/h10,12,14,16,18H,3-9,11,13H2,1-2H3,(H,20,22);2*1H. The zero-order valence-electron chi connectivity index (χ0n) is 14.8. The van der Waals surface area contributed by atoms with Crippen LogP contribution in [0.2, 0.25) is 0 Å². The third kappa shape index (κ3) is 7.86. The molecule has 5 nitrogen and oxygen atoms in total. The molecule has 0 bridgehead atoms. The van der Waals surface area contributed by atoms with Gasteiger partial charge in [-0.15, -0.1) is 24.8 Å². The average Bonchev–Trinajstić information content (AvgIpc) is 2.93. The third-order valence-electron chi connectivity index (χ3n) is 4.77. The van der Waals surface area contributed by atoms with Crippen molar-refractivity contribution >= 4 is 30.7 Å². The number of nitrogens with zero attached hydrogens (tertiary/aromatic N) is 2. The molecular weight excluding hydrogens is 347 g/mol. The van der Waals surface area contributed by atoms with Crippen LogP contribution in [0, 0.1) is 18.8 Å². The number of imidazole rings is 1. The van der Waals surface area contributed by atoms with Crippen molar-refractivity contribution in [2.24, 2.45) is 11.8 Å². The van der Waals surface area contributed by atoms with E-state index in [4.69, 9.17) is 0 Å². The molecule has 2 rings (SSSR count). The lowest BCUT2D eigenvalue weighted by Crippen LogP contribution is -2.33. The highest BCUT2D eigenvalue weighted by Gasteiger charge is 2.21. The molecule has 1 aliphatic rings. The Morgan fingerprint density at radius 3 is 2.71 bits per heavy atom. The first-order chi connectivity index (χ1) is 10.7. The number of carbonyl (C=O) groups excluding carboxylic acids is 1. The highest BCUT2D eigenvalue weighted by molar-refractivity contribution is 5.85. The Morgan fingerprint density at radius 1 is 1.38 bits per heavy atom. The zero-order valence-corrected chi connectivity index (χ0v) is 16.4. The second-order valence-electron chi connectivity index (χ2n) is 6.49. The Bertz CT molecular complexity index is 461. The normalized spacial score (nSPS) is 15.9. The Kier molecular flexibility index (Phi) is 12.2. The summed E-state index contributed by atoms with van der Waals surface area (Å²) in [5.41, 5.74) is 0. The van der Waals surface area contributed by atoms with Crippen molar-refractivity contribution in [1.82, 2.24) is 20.2 Å². The van der Waals surface area contributed by atoms with Gasteiger partial charge in [-0.25, -0.2) is 4.98 Å². The highest BCUT2D eigenvalue weighted by atomic mass is 35.5. The van der Waals surface area contributed by atoms with Gasteiger partial charge in [0, 0.05) is 31.9 Å². The van der Waals surface area contributed by atoms with Gasteiger partial charge in [-0.3, -0.25) is 4.79 Å². The second kappa shape index (κ2) is 12.6. The number of rotatable bonds is 8. The molecular formula is C17H32Cl2N4O. The van der Waals surface area contributed by atoms with Gasteiger partial charge in [0.05, 0.1) is 0 Å². The van der Waals surface area contributed by atoms with E-state index in [0.717, 1.165) is 44.8 Å². The van der Waals surface area contributed by atoms with Gasteiger partial charge in [-0.1, -0.05) is 6.92 Å². The van der Waals surface area contributed by atoms with Gasteiger partial charge >= 0.3 is 0 Å². The summed E-state index contributed by atoms with van der Waals surface area (Å²) in [6.07, 6.45) is 9.02. The van der Waals surface area contributed by atoms with Crippen molar-refractivity contribution in [3.8, 4) is 0 Å². The number of hydrogen-bond acceptors (Lipinski definition) is 3. The van der Waals surface area contributed by atoms with Crippen molar-refractivity contribution in [2.75, 3.05) is 19.6 Å². The van der Waals surface area contributed by atoms with E-state index in [1.807, 2.05) is 19.3 Å². The molecule has 140 valence electrons. The molecule has 1 aromatic heterocycles. The number of piperidine rings is 1. The first-order valence-electron chi connectivity index (χ1n) is 8.62. The average molecular weight is 379 g/mol. The summed E-state index contributed by atoms with van der Waals surface area (Å²) < 4.78 is 2.15. The van der Waals surface area contributed by atoms with Crippen LogP contribution >= 0.6 is 24.8 Å². The van der Waals surface area contributed by atoms with Crippen molar-refractivity contribution in [1.29, 1.82) is 0 Å². The number of halogens is 2. The van der Waals surface area contributed by atoms with Crippen LogP contribution in [0.1, 0.15) is 44.9 Å². The van der Waals surface area contributed by atoms with E-state index in [9.17, 15) is 4.79 Å². The van der Waals surface area contributed by atoms with Crippen LogP contribution in [0.4, 0.5) is 0 Å². The minimum absolute atomic E-state index is 0. The molecule has 1 unspecified atom stereocenters. The lowest BCUT2D eigenvalue weighted by molar-refractivity contribution is -0.122. The molecule has 0 saturated carbocycles. The van der Waals surface area contributed by atoms with Gasteiger partial charge in [-0.2, -0.15) is 0 Å². The summed E-state index contributed by atoms with van der Waals surface area (Å²) in [4.78, 5) is 16.2. The fourth-order valence-corrected chi connectivity index (χ4v) is 3.22. The van der Waals surface area contributed by atoms with Gasteiger partial charge in [-0.05, 0) is 57.5 Å². The van der Waals surface area contributed by atoms with Crippen LogP contribution in [0.25, 0.3) is 0 Å². The van der Waals surface area contributed by atoms with E-state index in [-0.39, 0.29) is 30.7 Å². The summed E-state index contributed by atoms with van der Waals surface area (Å²) in [6, 6.07) is 0. The molecule has 1 aromatic rings. The molecule has 1 atom stereocenters. The van der Waals surface area contributed by atoms with Crippen LogP contribution in [0.15, 0.2) is 12.4 Å². The number of aromatic nitrogens is 2. The van der Waals surface area contributed by atoms with E-state index in [1.165, 1.54) is 12.8 Å². The first kappa shape index (κ1) is 23.2. The number of unbranched alkanes of at least 4 members (excludes halogenated alkanes) is 1. The molecule has 24 heavy (non-hydrogen) atoms. The molecule has 1 saturated heterocycles. The summed E-state index contributed by atoms with van der Waals surface area (Å²) >= 11 is 0. The minimum Gasteiger partial charge on any atom is -0.356 e. The molecule has 0 spiro atoms. The summed E-state index contributed by atoms with van der Waals surface area (Å²) in [6.45, 7) is 8.20. The molecule has 1 fully saturated rings. The lowest BCUT2D eigenvalue weighted by Gasteiger charge is -2.27. The predicted octanol–water partition coefficient (Wildman–Crippen LogP) is 2.96. The Hall–Kier alpha value is -0.780. The number of amides is 1. The molecule has 1 aliphatic heterocycles. The smallest absolute Gasteiger partial charge is 0.220 e. The zero-order chi connectivity index (χ0) is 15.8. The van der Waals surface area contributed by atoms with Gasteiger partial charge in [0.1, 0.15) is 5.82 Å². The molecule has 2 N–H and O–H groups in total.